The summed E-state index contributed by atoms with van der Waals surface area (Å²) in [7, 11) is 0. The molecule has 2 rings (SSSR count). The Bertz CT molecular complexity index is 478. The topological polar surface area (TPSA) is 20.2 Å². The van der Waals surface area contributed by atoms with Gasteiger partial charge in [0, 0.05) is 5.56 Å². The molecule has 0 atom stereocenters. The third-order valence-corrected chi connectivity index (χ3v) is 3.40. The van der Waals surface area contributed by atoms with Crippen LogP contribution in [0.2, 0.25) is 0 Å². The van der Waals surface area contributed by atoms with Gasteiger partial charge in [0.2, 0.25) is 5.82 Å². The summed E-state index contributed by atoms with van der Waals surface area (Å²) in [5, 5.41) is 9.40. The Morgan fingerprint density at radius 1 is 1.22 bits per heavy atom. The zero-order valence-electron chi connectivity index (χ0n) is 10.6. The van der Waals surface area contributed by atoms with Gasteiger partial charge in [-0.2, -0.15) is 4.39 Å². The number of benzene rings is 1. The van der Waals surface area contributed by atoms with Gasteiger partial charge in [0.05, 0.1) is 0 Å². The molecule has 1 nitrogen and oxygen atoms in total. The summed E-state index contributed by atoms with van der Waals surface area (Å²) < 4.78 is 27.6. The zero-order valence-corrected chi connectivity index (χ0v) is 10.6. The van der Waals surface area contributed by atoms with Crippen molar-refractivity contribution in [2.24, 2.45) is 0 Å². The van der Waals surface area contributed by atoms with E-state index in [2.05, 4.69) is 0 Å². The number of aryl methyl sites for hydroxylation is 1. The highest BCUT2D eigenvalue weighted by Gasteiger charge is 2.21. The molecule has 0 saturated heterocycles. The fourth-order valence-corrected chi connectivity index (χ4v) is 2.54. The summed E-state index contributed by atoms with van der Waals surface area (Å²) in [5.74, 6) is -2.61. The van der Waals surface area contributed by atoms with Gasteiger partial charge in [0.15, 0.2) is 11.6 Å². The van der Waals surface area contributed by atoms with Gasteiger partial charge in [-0.3, -0.25) is 0 Å². The molecule has 1 N–H and O–H groups in total. The van der Waals surface area contributed by atoms with E-state index in [0.29, 0.717) is 17.5 Å². The van der Waals surface area contributed by atoms with E-state index in [0.717, 1.165) is 37.7 Å². The normalized spacial score (nSPS) is 15.6. The molecule has 0 bridgehead atoms. The molecule has 1 aromatic carbocycles. The molecule has 1 aromatic rings. The van der Waals surface area contributed by atoms with E-state index in [4.69, 9.17) is 0 Å². The standard InChI is InChI=1S/C15H18F2O/c1-2-6-11-9-12(18)14(16)15(17)13(11)10-7-4-3-5-8-10/h7,9,18H,2-6,8H2,1H3. The number of hydrogen-bond acceptors (Lipinski definition) is 1. The van der Waals surface area contributed by atoms with Crippen LogP contribution in [0.25, 0.3) is 5.57 Å². The highest BCUT2D eigenvalue weighted by atomic mass is 19.2. The minimum Gasteiger partial charge on any atom is -0.505 e. The van der Waals surface area contributed by atoms with Crippen LogP contribution in [-0.4, -0.2) is 5.11 Å². The molecule has 0 saturated carbocycles. The maximum Gasteiger partial charge on any atom is 0.200 e. The number of rotatable bonds is 3. The van der Waals surface area contributed by atoms with E-state index in [1.54, 1.807) is 0 Å². The maximum absolute atomic E-state index is 14.1. The van der Waals surface area contributed by atoms with E-state index >= 15 is 0 Å². The number of halogens is 2. The van der Waals surface area contributed by atoms with Crippen LogP contribution < -0.4 is 0 Å². The van der Waals surface area contributed by atoms with Gasteiger partial charge in [-0.05, 0) is 49.3 Å². The van der Waals surface area contributed by atoms with Crippen LogP contribution in [0.15, 0.2) is 12.1 Å². The van der Waals surface area contributed by atoms with E-state index in [1.165, 1.54) is 6.07 Å². The number of phenols is 1. The Hall–Kier alpha value is -1.38. The van der Waals surface area contributed by atoms with Crippen molar-refractivity contribution in [2.75, 3.05) is 0 Å². The van der Waals surface area contributed by atoms with Crippen LogP contribution in [0.3, 0.4) is 0 Å². The number of phenolic OH excluding ortho intramolecular Hbond substituents is 1. The van der Waals surface area contributed by atoms with E-state index < -0.39 is 17.4 Å². The van der Waals surface area contributed by atoms with Gasteiger partial charge in [0.25, 0.3) is 0 Å². The Morgan fingerprint density at radius 2 is 2.00 bits per heavy atom. The predicted molar refractivity (Wildman–Crippen MR) is 68.5 cm³/mol. The van der Waals surface area contributed by atoms with Crippen molar-refractivity contribution in [1.29, 1.82) is 0 Å². The van der Waals surface area contributed by atoms with E-state index in [-0.39, 0.29) is 0 Å². The molecule has 1 aliphatic rings. The molecule has 0 spiro atoms. The Morgan fingerprint density at radius 3 is 2.61 bits per heavy atom. The first-order valence-corrected chi connectivity index (χ1v) is 6.54. The van der Waals surface area contributed by atoms with Crippen molar-refractivity contribution in [3.8, 4) is 5.75 Å². The molecule has 0 radical (unpaired) electrons. The Kier molecular flexibility index (Phi) is 4.00. The Balaban J connectivity index is 2.55. The number of allylic oxidation sites excluding steroid dienone is 2. The average molecular weight is 252 g/mol. The lowest BCUT2D eigenvalue weighted by atomic mass is 9.88. The summed E-state index contributed by atoms with van der Waals surface area (Å²) in [5.41, 5.74) is 1.98. The Labute approximate surface area is 106 Å². The molecular formula is C15H18F2O. The van der Waals surface area contributed by atoms with E-state index in [9.17, 15) is 13.9 Å². The van der Waals surface area contributed by atoms with Crippen molar-refractivity contribution < 1.29 is 13.9 Å². The first-order valence-electron chi connectivity index (χ1n) is 6.54. The van der Waals surface area contributed by atoms with Crippen LogP contribution in [0, 0.1) is 11.6 Å². The molecule has 0 heterocycles. The number of aromatic hydroxyl groups is 1. The van der Waals surface area contributed by atoms with Crippen molar-refractivity contribution >= 4 is 5.57 Å². The van der Waals surface area contributed by atoms with Crippen LogP contribution in [0.5, 0.6) is 5.75 Å². The van der Waals surface area contributed by atoms with Gasteiger partial charge < -0.3 is 5.11 Å². The SMILES string of the molecule is CCCc1cc(O)c(F)c(F)c1C1=CCCCC1. The second kappa shape index (κ2) is 5.51. The van der Waals surface area contributed by atoms with E-state index in [1.807, 2.05) is 13.0 Å². The molecular weight excluding hydrogens is 234 g/mol. The summed E-state index contributed by atoms with van der Waals surface area (Å²) >= 11 is 0. The summed E-state index contributed by atoms with van der Waals surface area (Å²) in [4.78, 5) is 0. The largest absolute Gasteiger partial charge is 0.505 e. The quantitative estimate of drug-likeness (QED) is 0.834. The van der Waals surface area contributed by atoms with Crippen molar-refractivity contribution in [2.45, 2.75) is 45.4 Å². The molecule has 0 amide bonds. The van der Waals surface area contributed by atoms with Crippen molar-refractivity contribution in [3.05, 3.63) is 34.9 Å². The van der Waals surface area contributed by atoms with Crippen LogP contribution in [0.4, 0.5) is 8.78 Å². The van der Waals surface area contributed by atoms with Gasteiger partial charge in [-0.15, -0.1) is 0 Å². The average Bonchev–Trinajstić information content (AvgIpc) is 2.38. The van der Waals surface area contributed by atoms with Gasteiger partial charge >= 0.3 is 0 Å². The van der Waals surface area contributed by atoms with Gasteiger partial charge in [-0.25, -0.2) is 4.39 Å². The molecule has 0 fully saturated rings. The fourth-order valence-electron chi connectivity index (χ4n) is 2.54. The fraction of sp³-hybridized carbons (Fsp3) is 0.467. The molecule has 0 aromatic heterocycles. The molecule has 18 heavy (non-hydrogen) atoms. The monoisotopic (exact) mass is 252 g/mol. The van der Waals surface area contributed by atoms with Crippen molar-refractivity contribution in [1.82, 2.24) is 0 Å². The lowest BCUT2D eigenvalue weighted by Gasteiger charge is -2.18. The van der Waals surface area contributed by atoms with Crippen molar-refractivity contribution in [3.63, 3.8) is 0 Å². The van der Waals surface area contributed by atoms with Crippen LogP contribution >= 0.6 is 0 Å². The molecule has 3 heteroatoms. The molecule has 98 valence electrons. The number of hydrogen-bond donors (Lipinski definition) is 1. The van der Waals surface area contributed by atoms with Gasteiger partial charge in [0.1, 0.15) is 0 Å². The lowest BCUT2D eigenvalue weighted by molar-refractivity contribution is 0.404. The molecule has 0 unspecified atom stereocenters. The molecule has 1 aliphatic carbocycles. The zero-order chi connectivity index (χ0) is 13.1. The first kappa shape index (κ1) is 13.1. The third-order valence-electron chi connectivity index (χ3n) is 3.40. The minimum atomic E-state index is -1.13. The van der Waals surface area contributed by atoms with Crippen LogP contribution in [-0.2, 0) is 6.42 Å². The summed E-state index contributed by atoms with van der Waals surface area (Å²) in [6.45, 7) is 1.98. The highest BCUT2D eigenvalue weighted by Crippen LogP contribution is 2.35. The maximum atomic E-state index is 14.1. The van der Waals surface area contributed by atoms with Gasteiger partial charge in [-0.1, -0.05) is 19.4 Å². The summed E-state index contributed by atoms with van der Waals surface area (Å²) in [6, 6.07) is 1.37. The molecule has 0 aliphatic heterocycles. The lowest BCUT2D eigenvalue weighted by Crippen LogP contribution is -2.03. The summed E-state index contributed by atoms with van der Waals surface area (Å²) in [6.07, 6.45) is 7.31. The first-order chi connectivity index (χ1) is 8.65. The second-order valence-electron chi connectivity index (χ2n) is 4.78. The second-order valence-corrected chi connectivity index (χ2v) is 4.78. The third kappa shape index (κ3) is 2.40. The predicted octanol–water partition coefficient (Wildman–Crippen LogP) is 4.58. The highest BCUT2D eigenvalue weighted by molar-refractivity contribution is 5.70. The minimum absolute atomic E-state index is 0.381. The van der Waals surface area contributed by atoms with Crippen LogP contribution in [0.1, 0.15) is 50.2 Å². The smallest absolute Gasteiger partial charge is 0.200 e.